The summed E-state index contributed by atoms with van der Waals surface area (Å²) in [5, 5.41) is 11.2. The number of rotatable bonds is 5. The molecule has 0 bridgehead atoms. The second-order valence-corrected chi connectivity index (χ2v) is 7.00. The van der Waals surface area contributed by atoms with Crippen molar-refractivity contribution in [3.8, 4) is 17.2 Å². The molecule has 1 unspecified atom stereocenters. The summed E-state index contributed by atoms with van der Waals surface area (Å²) in [6, 6.07) is 27.6. The van der Waals surface area contributed by atoms with Crippen LogP contribution in [-0.4, -0.2) is 23.0 Å². The molecule has 0 spiro atoms. The summed E-state index contributed by atoms with van der Waals surface area (Å²) >= 11 is 0. The number of hydrogen-bond acceptors (Lipinski definition) is 6. The summed E-state index contributed by atoms with van der Waals surface area (Å²) in [6.45, 7) is 0. The molecule has 1 aliphatic heterocycles. The Kier molecular flexibility index (Phi) is 4.73. The second kappa shape index (κ2) is 7.83. The Labute approximate surface area is 174 Å². The van der Waals surface area contributed by atoms with Gasteiger partial charge >= 0.3 is 0 Å². The molecule has 0 amide bonds. The van der Waals surface area contributed by atoms with Gasteiger partial charge < -0.3 is 9.26 Å². The minimum Gasteiger partial charge on any atom is -0.497 e. The fourth-order valence-electron chi connectivity index (χ4n) is 3.56. The van der Waals surface area contributed by atoms with E-state index in [-0.39, 0.29) is 6.04 Å². The van der Waals surface area contributed by atoms with E-state index in [9.17, 15) is 0 Å². The highest BCUT2D eigenvalue weighted by Crippen LogP contribution is 2.36. The SMILES string of the molecule is COc1ccc(C2=NN(c3ccccc3)C(c3noc(-c4ccccc4)n3)C2)cc1. The predicted octanol–water partition coefficient (Wildman–Crippen LogP) is 5.10. The molecule has 1 atom stereocenters. The minimum absolute atomic E-state index is 0.147. The van der Waals surface area contributed by atoms with E-state index in [2.05, 4.69) is 10.1 Å². The van der Waals surface area contributed by atoms with E-state index in [0.29, 0.717) is 18.1 Å². The average Bonchev–Trinajstić information content (AvgIpc) is 3.48. The van der Waals surface area contributed by atoms with Gasteiger partial charge in [0.05, 0.1) is 18.5 Å². The van der Waals surface area contributed by atoms with Crippen LogP contribution in [-0.2, 0) is 0 Å². The van der Waals surface area contributed by atoms with E-state index in [4.69, 9.17) is 14.4 Å². The number of hydrogen-bond donors (Lipinski definition) is 0. The first-order valence-corrected chi connectivity index (χ1v) is 9.77. The molecule has 3 aromatic carbocycles. The van der Waals surface area contributed by atoms with Crippen LogP contribution in [0, 0.1) is 0 Å². The van der Waals surface area contributed by atoms with Crippen molar-refractivity contribution in [3.05, 3.63) is 96.3 Å². The van der Waals surface area contributed by atoms with Crippen LogP contribution in [0.3, 0.4) is 0 Å². The maximum absolute atomic E-state index is 5.56. The lowest BCUT2D eigenvalue weighted by Crippen LogP contribution is -2.19. The van der Waals surface area contributed by atoms with Crippen molar-refractivity contribution >= 4 is 11.4 Å². The third-order valence-electron chi connectivity index (χ3n) is 5.11. The highest BCUT2D eigenvalue weighted by atomic mass is 16.5. The molecule has 1 aromatic heterocycles. The number of ether oxygens (including phenoxy) is 1. The maximum atomic E-state index is 5.56. The maximum Gasteiger partial charge on any atom is 0.257 e. The Balaban J connectivity index is 1.50. The minimum atomic E-state index is -0.147. The molecule has 1 aliphatic rings. The van der Waals surface area contributed by atoms with Crippen molar-refractivity contribution < 1.29 is 9.26 Å². The Morgan fingerprint density at radius 3 is 2.27 bits per heavy atom. The third-order valence-corrected chi connectivity index (χ3v) is 5.11. The molecule has 2 heterocycles. The molecule has 0 N–H and O–H groups in total. The normalized spacial score (nSPS) is 15.8. The highest BCUT2D eigenvalue weighted by Gasteiger charge is 2.33. The quantitative estimate of drug-likeness (QED) is 0.470. The van der Waals surface area contributed by atoms with Crippen molar-refractivity contribution in [3.63, 3.8) is 0 Å². The first-order valence-electron chi connectivity index (χ1n) is 9.77. The van der Waals surface area contributed by atoms with Crippen LogP contribution in [0.4, 0.5) is 5.69 Å². The summed E-state index contributed by atoms with van der Waals surface area (Å²) in [6.07, 6.45) is 0.676. The molecule has 0 fully saturated rings. The molecule has 30 heavy (non-hydrogen) atoms. The smallest absolute Gasteiger partial charge is 0.257 e. The van der Waals surface area contributed by atoms with E-state index in [1.54, 1.807) is 7.11 Å². The van der Waals surface area contributed by atoms with Gasteiger partial charge in [0.2, 0.25) is 0 Å². The van der Waals surface area contributed by atoms with Crippen LogP contribution < -0.4 is 9.75 Å². The zero-order chi connectivity index (χ0) is 20.3. The van der Waals surface area contributed by atoms with Gasteiger partial charge in [-0.3, -0.25) is 5.01 Å². The highest BCUT2D eigenvalue weighted by molar-refractivity contribution is 6.03. The van der Waals surface area contributed by atoms with Crippen LogP contribution in [0.25, 0.3) is 11.5 Å². The number of aromatic nitrogens is 2. The second-order valence-electron chi connectivity index (χ2n) is 7.00. The van der Waals surface area contributed by atoms with Crippen LogP contribution in [0.5, 0.6) is 5.75 Å². The van der Waals surface area contributed by atoms with Crippen molar-refractivity contribution in [2.24, 2.45) is 5.10 Å². The van der Waals surface area contributed by atoms with Crippen molar-refractivity contribution in [1.82, 2.24) is 10.1 Å². The fraction of sp³-hybridized carbons (Fsp3) is 0.125. The van der Waals surface area contributed by atoms with Crippen LogP contribution in [0.1, 0.15) is 23.9 Å². The van der Waals surface area contributed by atoms with Crippen LogP contribution in [0.15, 0.2) is 94.6 Å². The number of benzene rings is 3. The Hall–Kier alpha value is -3.93. The average molecular weight is 396 g/mol. The standard InChI is InChI=1S/C24H20N4O2/c1-29-20-14-12-17(13-15-20)21-16-22(28(26-21)19-10-6-3-7-11-19)23-25-24(30-27-23)18-8-4-2-5-9-18/h2-15,22H,16H2,1H3. The number of hydrazone groups is 1. The number of para-hydroxylation sites is 1. The summed E-state index contributed by atoms with van der Waals surface area (Å²) in [4.78, 5) is 4.68. The third kappa shape index (κ3) is 3.43. The van der Waals surface area contributed by atoms with E-state index in [1.807, 2.05) is 89.9 Å². The van der Waals surface area contributed by atoms with E-state index in [0.717, 1.165) is 28.3 Å². The molecular weight excluding hydrogens is 376 g/mol. The fourth-order valence-corrected chi connectivity index (χ4v) is 3.56. The van der Waals surface area contributed by atoms with Gasteiger partial charge in [0.1, 0.15) is 11.8 Å². The van der Waals surface area contributed by atoms with E-state index >= 15 is 0 Å². The molecule has 0 aliphatic carbocycles. The van der Waals surface area contributed by atoms with Gasteiger partial charge in [-0.25, -0.2) is 0 Å². The summed E-state index contributed by atoms with van der Waals surface area (Å²) in [5.74, 6) is 1.95. The number of methoxy groups -OCH3 is 1. The first kappa shape index (κ1) is 18.1. The molecule has 0 radical (unpaired) electrons. The van der Waals surface area contributed by atoms with Gasteiger partial charge in [0.15, 0.2) is 5.82 Å². The lowest BCUT2D eigenvalue weighted by Gasteiger charge is -2.20. The molecule has 4 aromatic rings. The van der Waals surface area contributed by atoms with Crippen LogP contribution >= 0.6 is 0 Å². The zero-order valence-electron chi connectivity index (χ0n) is 16.5. The Bertz CT molecular complexity index is 1150. The van der Waals surface area contributed by atoms with Gasteiger partial charge in [-0.05, 0) is 54.1 Å². The molecule has 0 saturated carbocycles. The largest absolute Gasteiger partial charge is 0.497 e. The lowest BCUT2D eigenvalue weighted by atomic mass is 10.0. The zero-order valence-corrected chi connectivity index (χ0v) is 16.5. The molecule has 5 rings (SSSR count). The molecule has 0 saturated heterocycles. The Morgan fingerprint density at radius 1 is 0.867 bits per heavy atom. The number of nitrogens with zero attached hydrogens (tertiary/aromatic N) is 4. The topological polar surface area (TPSA) is 63.8 Å². The monoisotopic (exact) mass is 396 g/mol. The molecule has 6 nitrogen and oxygen atoms in total. The van der Waals surface area contributed by atoms with E-state index in [1.165, 1.54) is 0 Å². The summed E-state index contributed by atoms with van der Waals surface area (Å²) < 4.78 is 10.8. The molecular formula is C24H20N4O2. The summed E-state index contributed by atoms with van der Waals surface area (Å²) in [5.41, 5.74) is 3.90. The van der Waals surface area contributed by atoms with Crippen molar-refractivity contribution in [2.45, 2.75) is 12.5 Å². The van der Waals surface area contributed by atoms with Gasteiger partial charge in [-0.2, -0.15) is 10.1 Å². The lowest BCUT2D eigenvalue weighted by molar-refractivity contribution is 0.415. The van der Waals surface area contributed by atoms with E-state index < -0.39 is 0 Å². The first-order chi connectivity index (χ1) is 14.8. The van der Waals surface area contributed by atoms with Gasteiger partial charge in [-0.1, -0.05) is 41.6 Å². The number of anilines is 1. The van der Waals surface area contributed by atoms with Gasteiger partial charge in [0, 0.05) is 12.0 Å². The van der Waals surface area contributed by atoms with Gasteiger partial charge in [0.25, 0.3) is 5.89 Å². The molecule has 148 valence electrons. The summed E-state index contributed by atoms with van der Waals surface area (Å²) in [7, 11) is 1.66. The van der Waals surface area contributed by atoms with Crippen LogP contribution in [0.2, 0.25) is 0 Å². The molecule has 6 heteroatoms. The van der Waals surface area contributed by atoms with Gasteiger partial charge in [-0.15, -0.1) is 0 Å². The Morgan fingerprint density at radius 2 is 1.57 bits per heavy atom. The van der Waals surface area contributed by atoms with Crippen molar-refractivity contribution in [1.29, 1.82) is 0 Å². The predicted molar refractivity (Wildman–Crippen MR) is 116 cm³/mol. The van der Waals surface area contributed by atoms with Crippen molar-refractivity contribution in [2.75, 3.05) is 12.1 Å².